The molecule has 0 saturated heterocycles. The van der Waals surface area contributed by atoms with Crippen molar-refractivity contribution >= 4 is 5.57 Å². The predicted octanol–water partition coefficient (Wildman–Crippen LogP) is 4.24. The van der Waals surface area contributed by atoms with Crippen LogP contribution in [0.1, 0.15) is 5.56 Å². The van der Waals surface area contributed by atoms with Crippen molar-refractivity contribution in [2.45, 2.75) is 0 Å². The van der Waals surface area contributed by atoms with E-state index >= 15 is 0 Å². The van der Waals surface area contributed by atoms with Gasteiger partial charge in [-0.1, -0.05) is 74.9 Å². The zero-order valence-electron chi connectivity index (χ0n) is 8.45. The zero-order chi connectivity index (χ0) is 10.8. The van der Waals surface area contributed by atoms with E-state index in [1.54, 1.807) is 18.2 Å². The Hall–Kier alpha value is -1.82. The first-order valence-corrected chi connectivity index (χ1v) is 4.36. The molecule has 0 heteroatoms. The maximum atomic E-state index is 3.83. The van der Waals surface area contributed by atoms with Crippen molar-refractivity contribution in [2.75, 3.05) is 0 Å². The Balaban J connectivity index is 0.000000364. The number of benzene rings is 1. The van der Waals surface area contributed by atoms with Crippen LogP contribution in [0.15, 0.2) is 74.9 Å². The summed E-state index contributed by atoms with van der Waals surface area (Å²) in [5, 5.41) is 0. The average Bonchev–Trinajstić information content (AvgIpc) is 2.29. The number of hydrogen-bond donors (Lipinski definition) is 0. The van der Waals surface area contributed by atoms with Gasteiger partial charge >= 0.3 is 0 Å². The summed E-state index contributed by atoms with van der Waals surface area (Å²) in [6, 6.07) is 10.0. The van der Waals surface area contributed by atoms with Crippen molar-refractivity contribution in [1.29, 1.82) is 0 Å². The molecule has 0 spiro atoms. The van der Waals surface area contributed by atoms with Crippen LogP contribution in [0.3, 0.4) is 0 Å². The van der Waals surface area contributed by atoms with Gasteiger partial charge in [-0.15, -0.1) is 0 Å². The number of hydrogen-bond acceptors (Lipinski definition) is 0. The summed E-state index contributed by atoms with van der Waals surface area (Å²) in [4.78, 5) is 0. The molecule has 0 aliphatic carbocycles. The Morgan fingerprint density at radius 1 is 0.929 bits per heavy atom. The summed E-state index contributed by atoms with van der Waals surface area (Å²) in [5.41, 5.74) is 2.11. The molecule has 0 aliphatic rings. The molecule has 0 amide bonds. The van der Waals surface area contributed by atoms with Crippen molar-refractivity contribution in [1.82, 2.24) is 0 Å². The predicted molar refractivity (Wildman–Crippen MR) is 66.1 cm³/mol. The van der Waals surface area contributed by atoms with Crippen LogP contribution in [0.25, 0.3) is 5.57 Å². The molecule has 1 aromatic rings. The molecule has 14 heavy (non-hydrogen) atoms. The van der Waals surface area contributed by atoms with E-state index in [9.17, 15) is 0 Å². The van der Waals surface area contributed by atoms with E-state index in [0.717, 1.165) is 11.1 Å². The first-order chi connectivity index (χ1) is 6.76. The molecule has 72 valence electrons. The van der Waals surface area contributed by atoms with Gasteiger partial charge < -0.3 is 0 Å². The fourth-order valence-corrected chi connectivity index (χ4v) is 0.770. The van der Waals surface area contributed by atoms with Crippen molar-refractivity contribution in [3.63, 3.8) is 0 Å². The van der Waals surface area contributed by atoms with Crippen LogP contribution in [-0.2, 0) is 0 Å². The third-order valence-electron chi connectivity index (χ3n) is 1.56. The summed E-state index contributed by atoms with van der Waals surface area (Å²) >= 11 is 0. The molecule has 0 radical (unpaired) electrons. The molecule has 0 aromatic heterocycles. The fourth-order valence-electron chi connectivity index (χ4n) is 0.770. The Bertz CT molecular complexity index is 298. The third kappa shape index (κ3) is 4.94. The van der Waals surface area contributed by atoms with Crippen molar-refractivity contribution in [3.8, 4) is 0 Å². The van der Waals surface area contributed by atoms with Crippen LogP contribution in [0, 0.1) is 0 Å². The van der Waals surface area contributed by atoms with Crippen LogP contribution in [-0.4, -0.2) is 0 Å². The SMILES string of the molecule is C=CC(=C)c1ccccc1.C=CC=C. The lowest BCUT2D eigenvalue weighted by molar-refractivity contribution is 1.63. The van der Waals surface area contributed by atoms with E-state index < -0.39 is 0 Å². The van der Waals surface area contributed by atoms with Gasteiger partial charge in [0.15, 0.2) is 0 Å². The van der Waals surface area contributed by atoms with Crippen LogP contribution < -0.4 is 0 Å². The molecule has 0 heterocycles. The Kier molecular flexibility index (Phi) is 6.79. The largest absolute Gasteiger partial charge is 0.0991 e. The van der Waals surface area contributed by atoms with Crippen LogP contribution in [0.2, 0.25) is 0 Å². The minimum absolute atomic E-state index is 0.973. The fraction of sp³-hybridized carbons (Fsp3) is 0. The van der Waals surface area contributed by atoms with Crippen LogP contribution in [0.4, 0.5) is 0 Å². The second-order valence-electron chi connectivity index (χ2n) is 2.57. The second kappa shape index (κ2) is 7.81. The number of rotatable bonds is 3. The van der Waals surface area contributed by atoms with Gasteiger partial charge in [-0.25, -0.2) is 0 Å². The summed E-state index contributed by atoms with van der Waals surface area (Å²) in [5.74, 6) is 0. The molecular weight excluding hydrogens is 168 g/mol. The van der Waals surface area contributed by atoms with Crippen molar-refractivity contribution in [3.05, 3.63) is 80.4 Å². The Morgan fingerprint density at radius 3 is 1.79 bits per heavy atom. The molecule has 0 nitrogen and oxygen atoms in total. The van der Waals surface area contributed by atoms with Gasteiger partial charge in [-0.05, 0) is 11.1 Å². The molecular formula is C14H16. The molecule has 1 aromatic carbocycles. The quantitative estimate of drug-likeness (QED) is 0.616. The van der Waals surface area contributed by atoms with Crippen molar-refractivity contribution in [2.24, 2.45) is 0 Å². The highest BCUT2D eigenvalue weighted by Gasteiger charge is 1.88. The molecule has 0 fully saturated rings. The summed E-state index contributed by atoms with van der Waals surface area (Å²) < 4.78 is 0. The van der Waals surface area contributed by atoms with E-state index in [-0.39, 0.29) is 0 Å². The molecule has 0 unspecified atom stereocenters. The van der Waals surface area contributed by atoms with E-state index in [4.69, 9.17) is 0 Å². The van der Waals surface area contributed by atoms with E-state index in [1.165, 1.54) is 0 Å². The van der Waals surface area contributed by atoms with Gasteiger partial charge in [0.2, 0.25) is 0 Å². The Labute approximate surface area is 86.6 Å². The molecule has 0 atom stereocenters. The highest BCUT2D eigenvalue weighted by molar-refractivity contribution is 5.71. The molecule has 0 N–H and O–H groups in total. The summed E-state index contributed by atoms with van der Waals surface area (Å²) in [6.45, 7) is 14.2. The van der Waals surface area contributed by atoms with E-state index in [2.05, 4.69) is 26.3 Å². The first kappa shape index (κ1) is 12.2. The van der Waals surface area contributed by atoms with Gasteiger partial charge in [0.25, 0.3) is 0 Å². The highest BCUT2D eigenvalue weighted by Crippen LogP contribution is 2.10. The lowest BCUT2D eigenvalue weighted by atomic mass is 10.1. The summed E-state index contributed by atoms with van der Waals surface area (Å²) in [6.07, 6.45) is 5.04. The second-order valence-corrected chi connectivity index (χ2v) is 2.57. The van der Waals surface area contributed by atoms with Gasteiger partial charge in [0.05, 0.1) is 0 Å². The lowest BCUT2D eigenvalue weighted by Gasteiger charge is -1.96. The third-order valence-corrected chi connectivity index (χ3v) is 1.56. The van der Waals surface area contributed by atoms with Gasteiger partial charge in [0, 0.05) is 0 Å². The highest BCUT2D eigenvalue weighted by atomic mass is 13.9. The topological polar surface area (TPSA) is 0 Å². The molecule has 0 aliphatic heterocycles. The van der Waals surface area contributed by atoms with Crippen LogP contribution >= 0.6 is 0 Å². The average molecular weight is 184 g/mol. The maximum Gasteiger partial charge on any atom is -0.0190 e. The standard InChI is InChI=1S/C10H10.C4H6/c1-3-9(2)10-7-5-4-6-8-10;1-3-4-2/h3-8H,1-2H2;3-4H,1-2H2. The van der Waals surface area contributed by atoms with E-state index in [0.29, 0.717) is 0 Å². The van der Waals surface area contributed by atoms with E-state index in [1.807, 2.05) is 30.3 Å². The smallest absolute Gasteiger partial charge is 0.0190 e. The molecule has 0 bridgehead atoms. The monoisotopic (exact) mass is 184 g/mol. The minimum atomic E-state index is 0.973. The maximum absolute atomic E-state index is 3.83. The molecule has 0 saturated carbocycles. The Morgan fingerprint density at radius 2 is 1.43 bits per heavy atom. The zero-order valence-corrected chi connectivity index (χ0v) is 8.45. The molecule has 1 rings (SSSR count). The van der Waals surface area contributed by atoms with Crippen molar-refractivity contribution < 1.29 is 0 Å². The van der Waals surface area contributed by atoms with Crippen LogP contribution in [0.5, 0.6) is 0 Å². The van der Waals surface area contributed by atoms with Gasteiger partial charge in [-0.2, -0.15) is 0 Å². The normalized spacial score (nSPS) is 7.71. The lowest BCUT2D eigenvalue weighted by Crippen LogP contribution is -1.74. The number of allylic oxidation sites excluding steroid dienone is 4. The van der Waals surface area contributed by atoms with Gasteiger partial charge in [0.1, 0.15) is 0 Å². The first-order valence-electron chi connectivity index (χ1n) is 4.36. The minimum Gasteiger partial charge on any atom is -0.0991 e. The summed E-state index contributed by atoms with van der Waals surface area (Å²) in [7, 11) is 0. The van der Waals surface area contributed by atoms with Gasteiger partial charge in [-0.3, -0.25) is 0 Å².